The number of benzene rings is 1. The molecule has 0 spiro atoms. The number of hydrogen-bond donors (Lipinski definition) is 1. The van der Waals surface area contributed by atoms with Gasteiger partial charge >= 0.3 is 0 Å². The van der Waals surface area contributed by atoms with Crippen LogP contribution in [0.2, 0.25) is 0 Å². The maximum absolute atomic E-state index is 11.1. The Balaban J connectivity index is 2.11. The van der Waals surface area contributed by atoms with Gasteiger partial charge in [-0.15, -0.1) is 0 Å². The summed E-state index contributed by atoms with van der Waals surface area (Å²) in [7, 11) is 0. The minimum absolute atomic E-state index is 0.0807. The lowest BCUT2D eigenvalue weighted by Crippen LogP contribution is -2.22. The van der Waals surface area contributed by atoms with E-state index in [1.54, 1.807) is 0 Å². The number of ether oxygens (including phenoxy) is 1. The van der Waals surface area contributed by atoms with Crippen LogP contribution in [0.15, 0.2) is 24.3 Å². The molecular weight excluding hydrogens is 282 g/mol. The number of rotatable bonds is 3. The summed E-state index contributed by atoms with van der Waals surface area (Å²) in [6.07, 6.45) is 3.59. The van der Waals surface area contributed by atoms with Gasteiger partial charge in [-0.1, -0.05) is 28.1 Å². The van der Waals surface area contributed by atoms with E-state index in [1.165, 1.54) is 13.3 Å². The Bertz CT molecular complexity index is 408. The zero-order valence-corrected chi connectivity index (χ0v) is 11.4. The Morgan fingerprint density at radius 3 is 2.82 bits per heavy atom. The van der Waals surface area contributed by atoms with Gasteiger partial charge in [0.1, 0.15) is 11.9 Å². The Kier molecular flexibility index (Phi) is 4.05. The second-order valence-corrected chi connectivity index (χ2v) is 5.46. The fraction of sp³-hybridized carbons (Fsp3) is 0.462. The Hall–Kier alpha value is -1.03. The highest BCUT2D eigenvalue weighted by Crippen LogP contribution is 2.32. The molecule has 1 fully saturated rings. The first-order valence-electron chi connectivity index (χ1n) is 5.84. The lowest BCUT2D eigenvalue weighted by Gasteiger charge is -2.19. The number of nitrogens with one attached hydrogen (secondary N) is 1. The van der Waals surface area contributed by atoms with Crippen LogP contribution in [0.4, 0.5) is 5.69 Å². The molecule has 0 aliphatic heterocycles. The largest absolute Gasteiger partial charge is 0.487 e. The molecule has 2 atom stereocenters. The molecule has 0 saturated heterocycles. The van der Waals surface area contributed by atoms with Crippen molar-refractivity contribution in [1.29, 1.82) is 0 Å². The minimum Gasteiger partial charge on any atom is -0.487 e. The third-order valence-electron chi connectivity index (χ3n) is 2.85. The number of hydrogen-bond acceptors (Lipinski definition) is 2. The second-order valence-electron chi connectivity index (χ2n) is 4.28. The fourth-order valence-corrected chi connectivity index (χ4v) is 2.73. The maximum Gasteiger partial charge on any atom is 0.221 e. The van der Waals surface area contributed by atoms with E-state index in [2.05, 4.69) is 21.2 Å². The molecule has 92 valence electrons. The lowest BCUT2D eigenvalue weighted by atomic mass is 10.2. The Morgan fingerprint density at radius 1 is 1.41 bits per heavy atom. The van der Waals surface area contributed by atoms with Crippen LogP contribution in [0.25, 0.3) is 0 Å². The van der Waals surface area contributed by atoms with Gasteiger partial charge in [0.2, 0.25) is 5.91 Å². The summed E-state index contributed by atoms with van der Waals surface area (Å²) in [6, 6.07) is 7.55. The van der Waals surface area contributed by atoms with E-state index in [1.807, 2.05) is 24.3 Å². The quantitative estimate of drug-likeness (QED) is 0.869. The predicted molar refractivity (Wildman–Crippen MR) is 71.7 cm³/mol. The van der Waals surface area contributed by atoms with Crippen molar-refractivity contribution in [1.82, 2.24) is 0 Å². The van der Waals surface area contributed by atoms with Crippen LogP contribution in [0, 0.1) is 0 Å². The molecule has 1 aromatic rings. The first kappa shape index (κ1) is 12.4. The number of amides is 1. The normalized spacial score (nSPS) is 23.4. The highest BCUT2D eigenvalue weighted by atomic mass is 79.9. The number of alkyl halides is 1. The average Bonchev–Trinajstić information content (AvgIpc) is 2.67. The fourth-order valence-electron chi connectivity index (χ4n) is 2.04. The zero-order chi connectivity index (χ0) is 12.3. The summed E-state index contributed by atoms with van der Waals surface area (Å²) in [4.78, 5) is 11.5. The van der Waals surface area contributed by atoms with Crippen LogP contribution in [-0.4, -0.2) is 16.8 Å². The molecule has 1 saturated carbocycles. The molecule has 1 N–H and O–H groups in total. The van der Waals surface area contributed by atoms with E-state index in [4.69, 9.17) is 4.74 Å². The molecule has 1 aromatic carbocycles. The van der Waals surface area contributed by atoms with Gasteiger partial charge in [0.05, 0.1) is 10.5 Å². The molecule has 0 heterocycles. The van der Waals surface area contributed by atoms with E-state index in [-0.39, 0.29) is 12.0 Å². The van der Waals surface area contributed by atoms with Gasteiger partial charge in [0.15, 0.2) is 0 Å². The molecule has 17 heavy (non-hydrogen) atoms. The van der Waals surface area contributed by atoms with Crippen LogP contribution >= 0.6 is 15.9 Å². The van der Waals surface area contributed by atoms with E-state index in [9.17, 15) is 4.79 Å². The summed E-state index contributed by atoms with van der Waals surface area (Å²) in [5.41, 5.74) is 0.742. The van der Waals surface area contributed by atoms with Gasteiger partial charge in [-0.25, -0.2) is 0 Å². The van der Waals surface area contributed by atoms with Crippen molar-refractivity contribution >= 4 is 27.5 Å². The topological polar surface area (TPSA) is 38.3 Å². The molecule has 2 unspecified atom stereocenters. The van der Waals surface area contributed by atoms with Crippen molar-refractivity contribution in [2.75, 3.05) is 5.32 Å². The molecular formula is C13H16BrNO2. The van der Waals surface area contributed by atoms with Gasteiger partial charge in [0, 0.05) is 6.92 Å². The van der Waals surface area contributed by atoms with E-state index < -0.39 is 0 Å². The zero-order valence-electron chi connectivity index (χ0n) is 9.78. The number of carbonyl (C=O) groups is 1. The molecule has 3 nitrogen and oxygen atoms in total. The Morgan fingerprint density at radius 2 is 2.18 bits per heavy atom. The summed E-state index contributed by atoms with van der Waals surface area (Å²) < 4.78 is 5.96. The third kappa shape index (κ3) is 3.22. The molecule has 1 aliphatic carbocycles. The second kappa shape index (κ2) is 5.54. The smallest absolute Gasteiger partial charge is 0.221 e. The molecule has 4 heteroatoms. The first-order chi connectivity index (χ1) is 8.16. The SMILES string of the molecule is CC(=O)Nc1ccccc1OC1CCCC1Br. The van der Waals surface area contributed by atoms with Gasteiger partial charge in [0.25, 0.3) is 0 Å². The summed E-state index contributed by atoms with van der Waals surface area (Å²) >= 11 is 3.63. The molecule has 0 aromatic heterocycles. The number of anilines is 1. The summed E-state index contributed by atoms with van der Waals surface area (Å²) in [5.74, 6) is 0.668. The van der Waals surface area contributed by atoms with Crippen molar-refractivity contribution in [3.05, 3.63) is 24.3 Å². The highest BCUT2D eigenvalue weighted by molar-refractivity contribution is 9.09. The highest BCUT2D eigenvalue weighted by Gasteiger charge is 2.27. The molecule has 0 bridgehead atoms. The van der Waals surface area contributed by atoms with Crippen molar-refractivity contribution in [3.8, 4) is 5.75 Å². The van der Waals surface area contributed by atoms with Crippen LogP contribution in [0.5, 0.6) is 5.75 Å². The molecule has 0 radical (unpaired) electrons. The van der Waals surface area contributed by atoms with Crippen LogP contribution < -0.4 is 10.1 Å². The minimum atomic E-state index is -0.0807. The van der Waals surface area contributed by atoms with E-state index >= 15 is 0 Å². The van der Waals surface area contributed by atoms with Gasteiger partial charge in [-0.3, -0.25) is 4.79 Å². The molecule has 1 aliphatic rings. The number of carbonyl (C=O) groups excluding carboxylic acids is 1. The van der Waals surface area contributed by atoms with Gasteiger partial charge < -0.3 is 10.1 Å². The van der Waals surface area contributed by atoms with Crippen molar-refractivity contribution < 1.29 is 9.53 Å². The molecule has 1 amide bonds. The lowest BCUT2D eigenvalue weighted by molar-refractivity contribution is -0.114. The summed E-state index contributed by atoms with van der Waals surface area (Å²) in [5, 5.41) is 2.78. The summed E-state index contributed by atoms with van der Waals surface area (Å²) in [6.45, 7) is 1.50. The standard InChI is InChI=1S/C13H16BrNO2/c1-9(16)15-11-6-2-3-7-13(11)17-12-8-4-5-10(12)14/h2-3,6-7,10,12H,4-5,8H2,1H3,(H,15,16). The van der Waals surface area contributed by atoms with Gasteiger partial charge in [-0.2, -0.15) is 0 Å². The van der Waals surface area contributed by atoms with Gasteiger partial charge in [-0.05, 0) is 31.4 Å². The van der Waals surface area contributed by atoms with Crippen molar-refractivity contribution in [3.63, 3.8) is 0 Å². The van der Waals surface area contributed by atoms with Crippen LogP contribution in [0.1, 0.15) is 26.2 Å². The van der Waals surface area contributed by atoms with Crippen LogP contribution in [0.3, 0.4) is 0 Å². The predicted octanol–water partition coefficient (Wildman–Crippen LogP) is 3.34. The first-order valence-corrected chi connectivity index (χ1v) is 6.76. The third-order valence-corrected chi connectivity index (χ3v) is 3.90. The van der Waals surface area contributed by atoms with Crippen molar-refractivity contribution in [2.45, 2.75) is 37.1 Å². The molecule has 2 rings (SSSR count). The van der Waals surface area contributed by atoms with E-state index in [0.717, 1.165) is 24.3 Å². The monoisotopic (exact) mass is 297 g/mol. The Labute approximate surface area is 110 Å². The average molecular weight is 298 g/mol. The van der Waals surface area contributed by atoms with E-state index in [0.29, 0.717) is 4.83 Å². The van der Waals surface area contributed by atoms with Crippen molar-refractivity contribution in [2.24, 2.45) is 0 Å². The van der Waals surface area contributed by atoms with Crippen LogP contribution in [-0.2, 0) is 4.79 Å². The number of halogens is 1. The number of para-hydroxylation sites is 2. The maximum atomic E-state index is 11.1.